The highest BCUT2D eigenvalue weighted by atomic mass is 16.2. The Morgan fingerprint density at radius 1 is 1.16 bits per heavy atom. The van der Waals surface area contributed by atoms with E-state index in [-0.39, 0.29) is 5.52 Å². The number of pyridine rings is 1. The zero-order valence-electron chi connectivity index (χ0n) is 13.2. The molecule has 0 aliphatic heterocycles. The fourth-order valence-electron chi connectivity index (χ4n) is 2.45. The molecule has 9 nitrogen and oxygen atoms in total. The Labute approximate surface area is 140 Å². The SMILES string of the molecule is CCc1nc2nnc3c(=O)n(NC(=O)c4ccccc4)ccc3n2n1. The molecule has 0 unspecified atom stereocenters. The lowest BCUT2D eigenvalue weighted by atomic mass is 10.2. The Morgan fingerprint density at radius 3 is 2.72 bits per heavy atom. The van der Waals surface area contributed by atoms with Gasteiger partial charge in [-0.3, -0.25) is 15.0 Å². The maximum absolute atomic E-state index is 12.6. The second kappa shape index (κ2) is 5.78. The van der Waals surface area contributed by atoms with Crippen LogP contribution in [-0.2, 0) is 6.42 Å². The quantitative estimate of drug-likeness (QED) is 0.593. The molecule has 0 fully saturated rings. The summed E-state index contributed by atoms with van der Waals surface area (Å²) in [6.07, 6.45) is 2.11. The number of aromatic nitrogens is 6. The van der Waals surface area contributed by atoms with Gasteiger partial charge in [0.2, 0.25) is 0 Å². The number of carbonyl (C=O) groups is 1. The van der Waals surface area contributed by atoms with E-state index in [9.17, 15) is 9.59 Å². The van der Waals surface area contributed by atoms with Gasteiger partial charge in [0.15, 0.2) is 11.3 Å². The van der Waals surface area contributed by atoms with Crippen molar-refractivity contribution < 1.29 is 4.79 Å². The Bertz CT molecular complexity index is 1150. The molecule has 0 saturated heterocycles. The van der Waals surface area contributed by atoms with Gasteiger partial charge >= 0.3 is 0 Å². The molecule has 4 rings (SSSR count). The number of nitrogens with zero attached hydrogens (tertiary/aromatic N) is 6. The summed E-state index contributed by atoms with van der Waals surface area (Å²) in [6, 6.07) is 10.3. The normalized spacial score (nSPS) is 11.1. The number of aryl methyl sites for hydroxylation is 1. The van der Waals surface area contributed by atoms with E-state index in [2.05, 4.69) is 25.7 Å². The van der Waals surface area contributed by atoms with Crippen LogP contribution in [0.15, 0.2) is 47.4 Å². The molecule has 0 aliphatic carbocycles. The zero-order valence-corrected chi connectivity index (χ0v) is 13.2. The molecule has 0 spiro atoms. The fourth-order valence-corrected chi connectivity index (χ4v) is 2.45. The largest absolute Gasteiger partial charge is 0.299 e. The smallest absolute Gasteiger partial charge is 0.267 e. The number of hydrogen-bond acceptors (Lipinski definition) is 6. The Hall–Kier alpha value is -3.62. The molecule has 124 valence electrons. The highest BCUT2D eigenvalue weighted by Crippen LogP contribution is 2.08. The van der Waals surface area contributed by atoms with Crippen LogP contribution in [0.1, 0.15) is 23.1 Å². The first-order valence-electron chi connectivity index (χ1n) is 7.67. The zero-order chi connectivity index (χ0) is 17.4. The molecule has 0 aliphatic rings. The van der Waals surface area contributed by atoms with Gasteiger partial charge in [0.25, 0.3) is 17.2 Å². The van der Waals surface area contributed by atoms with E-state index in [1.54, 1.807) is 30.3 Å². The Kier molecular flexibility index (Phi) is 3.46. The summed E-state index contributed by atoms with van der Waals surface area (Å²) in [5.41, 5.74) is 3.06. The molecular weight excluding hydrogens is 322 g/mol. The summed E-state index contributed by atoms with van der Waals surface area (Å²) in [4.78, 5) is 29.0. The predicted molar refractivity (Wildman–Crippen MR) is 89.9 cm³/mol. The van der Waals surface area contributed by atoms with Gasteiger partial charge in [-0.25, -0.2) is 4.68 Å². The monoisotopic (exact) mass is 335 g/mol. The molecule has 0 atom stereocenters. The van der Waals surface area contributed by atoms with Gasteiger partial charge in [0, 0.05) is 18.2 Å². The molecule has 3 aromatic heterocycles. The molecule has 0 saturated carbocycles. The second-order valence-corrected chi connectivity index (χ2v) is 5.33. The summed E-state index contributed by atoms with van der Waals surface area (Å²) in [6.45, 7) is 1.93. The maximum Gasteiger partial charge on any atom is 0.299 e. The van der Waals surface area contributed by atoms with Crippen molar-refractivity contribution in [3.8, 4) is 0 Å². The highest BCUT2D eigenvalue weighted by Gasteiger charge is 2.13. The maximum atomic E-state index is 12.6. The van der Waals surface area contributed by atoms with Gasteiger partial charge in [-0.15, -0.1) is 15.3 Å². The fraction of sp³-hybridized carbons (Fsp3) is 0.125. The van der Waals surface area contributed by atoms with E-state index in [0.29, 0.717) is 29.1 Å². The van der Waals surface area contributed by atoms with E-state index in [0.717, 1.165) is 4.68 Å². The summed E-state index contributed by atoms with van der Waals surface area (Å²) < 4.78 is 2.56. The van der Waals surface area contributed by atoms with Crippen LogP contribution < -0.4 is 11.0 Å². The van der Waals surface area contributed by atoms with Crippen LogP contribution in [0.5, 0.6) is 0 Å². The van der Waals surface area contributed by atoms with Gasteiger partial charge in [-0.2, -0.15) is 9.50 Å². The lowest BCUT2D eigenvalue weighted by Gasteiger charge is -2.08. The molecule has 0 radical (unpaired) electrons. The molecule has 4 aromatic rings. The van der Waals surface area contributed by atoms with Crippen molar-refractivity contribution in [1.82, 2.24) is 29.5 Å². The number of nitrogens with one attached hydrogen (secondary N) is 1. The number of rotatable bonds is 3. The first-order chi connectivity index (χ1) is 12.2. The van der Waals surface area contributed by atoms with Gasteiger partial charge in [-0.05, 0) is 18.2 Å². The van der Waals surface area contributed by atoms with Crippen molar-refractivity contribution in [1.29, 1.82) is 0 Å². The van der Waals surface area contributed by atoms with E-state index in [1.807, 2.05) is 13.0 Å². The van der Waals surface area contributed by atoms with Crippen LogP contribution in [0.2, 0.25) is 0 Å². The number of benzene rings is 1. The summed E-state index contributed by atoms with van der Waals surface area (Å²) in [7, 11) is 0. The molecule has 1 N–H and O–H groups in total. The van der Waals surface area contributed by atoms with Crippen molar-refractivity contribution >= 4 is 22.7 Å². The lowest BCUT2D eigenvalue weighted by Crippen LogP contribution is -2.33. The third kappa shape index (κ3) is 2.51. The van der Waals surface area contributed by atoms with Crippen LogP contribution in [0.4, 0.5) is 0 Å². The lowest BCUT2D eigenvalue weighted by molar-refractivity contribution is 0.101. The number of carbonyl (C=O) groups excluding carboxylic acids is 1. The number of hydrogen-bond donors (Lipinski definition) is 1. The van der Waals surface area contributed by atoms with E-state index < -0.39 is 11.5 Å². The van der Waals surface area contributed by atoms with Crippen LogP contribution in [0.25, 0.3) is 16.8 Å². The number of amides is 1. The predicted octanol–water partition coefficient (Wildman–Crippen LogP) is 0.780. The first-order valence-corrected chi connectivity index (χ1v) is 7.67. The van der Waals surface area contributed by atoms with Crippen LogP contribution in [-0.4, -0.2) is 35.4 Å². The average molecular weight is 335 g/mol. The standard InChI is InChI=1S/C16H13N7O2/c1-2-12-17-16-19-18-13-11(23(16)20-12)8-9-22(15(13)25)21-14(24)10-6-4-3-5-7-10/h3-9H,2H2,1H3,(H,21,24). The summed E-state index contributed by atoms with van der Waals surface area (Å²) in [5, 5.41) is 12.2. The Morgan fingerprint density at radius 2 is 1.96 bits per heavy atom. The Balaban J connectivity index is 1.79. The topological polar surface area (TPSA) is 107 Å². The second-order valence-electron chi connectivity index (χ2n) is 5.33. The first kappa shape index (κ1) is 14.9. The minimum absolute atomic E-state index is 0.0934. The minimum atomic E-state index is -0.496. The van der Waals surface area contributed by atoms with Crippen LogP contribution in [0.3, 0.4) is 0 Å². The van der Waals surface area contributed by atoms with Gasteiger partial charge in [0.1, 0.15) is 5.52 Å². The van der Waals surface area contributed by atoms with E-state index >= 15 is 0 Å². The van der Waals surface area contributed by atoms with E-state index in [4.69, 9.17) is 0 Å². The van der Waals surface area contributed by atoms with Crippen LogP contribution >= 0.6 is 0 Å². The molecule has 3 heterocycles. The molecule has 1 aromatic carbocycles. The van der Waals surface area contributed by atoms with Gasteiger partial charge in [0.05, 0.1) is 0 Å². The molecule has 9 heteroatoms. The highest BCUT2D eigenvalue weighted by molar-refractivity contribution is 6.00. The third-order valence-electron chi connectivity index (χ3n) is 3.72. The van der Waals surface area contributed by atoms with Gasteiger partial charge in [-0.1, -0.05) is 25.1 Å². The molecule has 1 amide bonds. The minimum Gasteiger partial charge on any atom is -0.267 e. The van der Waals surface area contributed by atoms with Crippen molar-refractivity contribution in [2.45, 2.75) is 13.3 Å². The van der Waals surface area contributed by atoms with Crippen LogP contribution in [0, 0.1) is 0 Å². The number of fused-ring (bicyclic) bond motifs is 3. The van der Waals surface area contributed by atoms with Crippen molar-refractivity contribution in [2.24, 2.45) is 0 Å². The van der Waals surface area contributed by atoms with E-state index in [1.165, 1.54) is 10.7 Å². The van der Waals surface area contributed by atoms with Crippen molar-refractivity contribution in [3.05, 3.63) is 64.3 Å². The van der Waals surface area contributed by atoms with Crippen molar-refractivity contribution in [2.75, 3.05) is 5.43 Å². The summed E-state index contributed by atoms with van der Waals surface area (Å²) >= 11 is 0. The molecular formula is C16H13N7O2. The molecule has 25 heavy (non-hydrogen) atoms. The third-order valence-corrected chi connectivity index (χ3v) is 3.72. The average Bonchev–Trinajstić information content (AvgIpc) is 3.08. The molecule has 0 bridgehead atoms. The summed E-state index contributed by atoms with van der Waals surface area (Å²) in [5.74, 6) is 0.545. The van der Waals surface area contributed by atoms with Crippen molar-refractivity contribution in [3.63, 3.8) is 0 Å². The van der Waals surface area contributed by atoms with Gasteiger partial charge < -0.3 is 0 Å².